The molecule has 100 valence electrons. The van der Waals surface area contributed by atoms with Gasteiger partial charge in [0.05, 0.1) is 10.6 Å². The molecule has 0 saturated carbocycles. The zero-order valence-corrected chi connectivity index (χ0v) is 12.7. The lowest BCUT2D eigenvalue weighted by molar-refractivity contribution is 0.114. The average molecular weight is 287 g/mol. The molecule has 3 nitrogen and oxygen atoms in total. The van der Waals surface area contributed by atoms with Crippen molar-refractivity contribution in [3.05, 3.63) is 28.8 Å². The van der Waals surface area contributed by atoms with Crippen LogP contribution in [0.3, 0.4) is 0 Å². The number of hydrogen-bond acceptors (Lipinski definition) is 3. The van der Waals surface area contributed by atoms with E-state index in [0.717, 1.165) is 0 Å². The molecule has 0 aliphatic heterocycles. The smallest absolute Gasteiger partial charge is 0.131 e. The number of likely N-dealkylation sites (N-methyl/N-ethyl adjacent to an activating group) is 1. The van der Waals surface area contributed by atoms with E-state index in [1.165, 1.54) is 0 Å². The molecule has 0 aromatic heterocycles. The molecule has 0 aliphatic carbocycles. The number of rotatable bonds is 5. The summed E-state index contributed by atoms with van der Waals surface area (Å²) in [6.45, 7) is 4.71. The zero-order valence-electron chi connectivity index (χ0n) is 11.2. The summed E-state index contributed by atoms with van der Waals surface area (Å²) in [5.74, 6) is 0.630. The molecule has 0 bridgehead atoms. The van der Waals surface area contributed by atoms with E-state index in [-0.39, 0.29) is 10.5 Å². The third-order valence-electron chi connectivity index (χ3n) is 3.01. The summed E-state index contributed by atoms with van der Waals surface area (Å²) in [4.78, 5) is 2.34. The number of thiocarbonyl (C=S) groups is 1. The van der Waals surface area contributed by atoms with E-state index in [1.807, 2.05) is 26.2 Å². The van der Waals surface area contributed by atoms with Crippen molar-refractivity contribution in [2.45, 2.75) is 19.4 Å². The Morgan fingerprint density at radius 1 is 1.44 bits per heavy atom. The molecule has 0 radical (unpaired) electrons. The van der Waals surface area contributed by atoms with Crippen LogP contribution in [0.2, 0.25) is 5.02 Å². The van der Waals surface area contributed by atoms with Crippen LogP contribution >= 0.6 is 23.8 Å². The molecule has 0 amide bonds. The van der Waals surface area contributed by atoms with Crippen LogP contribution in [-0.4, -0.2) is 36.1 Å². The van der Waals surface area contributed by atoms with E-state index < -0.39 is 0 Å². The lowest BCUT2D eigenvalue weighted by Gasteiger charge is -2.32. The molecular weight excluding hydrogens is 268 g/mol. The Hall–Kier alpha value is -0.840. The molecule has 1 aromatic carbocycles. The zero-order chi connectivity index (χ0) is 13.9. The van der Waals surface area contributed by atoms with E-state index in [0.29, 0.717) is 22.9 Å². The summed E-state index contributed by atoms with van der Waals surface area (Å²) in [7, 11) is 4.02. The van der Waals surface area contributed by atoms with Gasteiger partial charge in [-0.3, -0.25) is 0 Å². The molecule has 0 aliphatic rings. The maximum absolute atomic E-state index is 6.08. The third kappa shape index (κ3) is 3.57. The van der Waals surface area contributed by atoms with Crippen LogP contribution in [0.5, 0.6) is 5.75 Å². The topological polar surface area (TPSA) is 38.5 Å². The molecule has 0 atom stereocenters. The monoisotopic (exact) mass is 286 g/mol. The number of hydrogen-bond donors (Lipinski definition) is 1. The Kier molecular flexibility index (Phi) is 4.96. The quantitative estimate of drug-likeness (QED) is 0.845. The molecule has 0 spiro atoms. The maximum atomic E-state index is 6.08. The van der Waals surface area contributed by atoms with Gasteiger partial charge in [0.25, 0.3) is 0 Å². The number of ether oxygens (including phenoxy) is 1. The van der Waals surface area contributed by atoms with Crippen LogP contribution < -0.4 is 10.5 Å². The Labute approximate surface area is 119 Å². The lowest BCUT2D eigenvalue weighted by Crippen LogP contribution is -2.43. The molecule has 0 unspecified atom stereocenters. The van der Waals surface area contributed by atoms with Gasteiger partial charge < -0.3 is 15.4 Å². The van der Waals surface area contributed by atoms with Gasteiger partial charge >= 0.3 is 0 Å². The third-order valence-corrected chi connectivity index (χ3v) is 3.53. The highest BCUT2D eigenvalue weighted by Gasteiger charge is 2.22. The van der Waals surface area contributed by atoms with Gasteiger partial charge in [-0.05, 0) is 40.1 Å². The standard InChI is InChI=1S/C13H19ClN2OS/c1-13(2,16(3)4)8-17-10-7-5-6-9(14)11(10)12(15)18/h5-7H,8H2,1-4H3,(H2,15,18). The Bertz CT molecular complexity index is 447. The molecule has 5 heteroatoms. The fraction of sp³-hybridized carbons (Fsp3) is 0.462. The van der Waals surface area contributed by atoms with E-state index in [2.05, 4.69) is 18.7 Å². The molecule has 0 saturated heterocycles. The normalized spacial score (nSPS) is 11.7. The van der Waals surface area contributed by atoms with E-state index in [4.69, 9.17) is 34.3 Å². The second kappa shape index (κ2) is 5.87. The predicted molar refractivity (Wildman–Crippen MR) is 80.6 cm³/mol. The molecule has 18 heavy (non-hydrogen) atoms. The van der Waals surface area contributed by atoms with E-state index >= 15 is 0 Å². The van der Waals surface area contributed by atoms with Crippen molar-refractivity contribution < 1.29 is 4.74 Å². The average Bonchev–Trinajstić information content (AvgIpc) is 2.25. The number of benzene rings is 1. The van der Waals surface area contributed by atoms with Crippen molar-refractivity contribution in [2.75, 3.05) is 20.7 Å². The highest BCUT2D eigenvalue weighted by atomic mass is 35.5. The van der Waals surface area contributed by atoms with Crippen LogP contribution in [0.15, 0.2) is 18.2 Å². The summed E-state index contributed by atoms with van der Waals surface area (Å²) in [5.41, 5.74) is 6.18. The first-order valence-corrected chi connectivity index (χ1v) is 6.43. The highest BCUT2D eigenvalue weighted by molar-refractivity contribution is 7.80. The van der Waals surface area contributed by atoms with Gasteiger partial charge in [0, 0.05) is 5.54 Å². The minimum Gasteiger partial charge on any atom is -0.491 e. The van der Waals surface area contributed by atoms with Crippen molar-refractivity contribution in [1.82, 2.24) is 4.90 Å². The molecule has 0 fully saturated rings. The second-order valence-electron chi connectivity index (χ2n) is 4.97. The summed E-state index contributed by atoms with van der Waals surface area (Å²) in [6, 6.07) is 5.40. The fourth-order valence-electron chi connectivity index (χ4n) is 1.25. The minimum absolute atomic E-state index is 0.0875. The van der Waals surface area contributed by atoms with Gasteiger partial charge in [-0.25, -0.2) is 0 Å². The van der Waals surface area contributed by atoms with Gasteiger partial charge in [0.15, 0.2) is 0 Å². The Balaban J connectivity index is 2.92. The molecule has 1 aromatic rings. The summed E-state index contributed by atoms with van der Waals surface area (Å²) in [6.07, 6.45) is 0. The molecule has 2 N–H and O–H groups in total. The molecular formula is C13H19ClN2OS. The van der Waals surface area contributed by atoms with Gasteiger partial charge in [-0.1, -0.05) is 29.9 Å². The van der Waals surface area contributed by atoms with Crippen LogP contribution in [0.25, 0.3) is 0 Å². The lowest BCUT2D eigenvalue weighted by atomic mass is 10.1. The van der Waals surface area contributed by atoms with Gasteiger partial charge in [0.2, 0.25) is 0 Å². The largest absolute Gasteiger partial charge is 0.491 e. The first kappa shape index (κ1) is 15.2. The van der Waals surface area contributed by atoms with E-state index in [1.54, 1.807) is 6.07 Å². The van der Waals surface area contributed by atoms with Crippen LogP contribution in [0.1, 0.15) is 19.4 Å². The van der Waals surface area contributed by atoms with Gasteiger partial charge in [0.1, 0.15) is 17.3 Å². The van der Waals surface area contributed by atoms with Crippen molar-refractivity contribution in [1.29, 1.82) is 0 Å². The van der Waals surface area contributed by atoms with Crippen molar-refractivity contribution in [2.24, 2.45) is 5.73 Å². The van der Waals surface area contributed by atoms with Crippen molar-refractivity contribution in [3.8, 4) is 5.75 Å². The SMILES string of the molecule is CN(C)C(C)(C)COc1cccc(Cl)c1C(N)=S. The second-order valence-corrected chi connectivity index (χ2v) is 5.82. The van der Waals surface area contributed by atoms with Crippen LogP contribution in [0, 0.1) is 0 Å². The number of halogens is 1. The number of nitrogens with zero attached hydrogens (tertiary/aromatic N) is 1. The Morgan fingerprint density at radius 3 is 2.56 bits per heavy atom. The van der Waals surface area contributed by atoms with Crippen molar-refractivity contribution >= 4 is 28.8 Å². The van der Waals surface area contributed by atoms with Crippen LogP contribution in [0.4, 0.5) is 0 Å². The van der Waals surface area contributed by atoms with Crippen LogP contribution in [-0.2, 0) is 0 Å². The van der Waals surface area contributed by atoms with Gasteiger partial charge in [-0.2, -0.15) is 0 Å². The first-order valence-electron chi connectivity index (χ1n) is 5.64. The van der Waals surface area contributed by atoms with Crippen molar-refractivity contribution in [3.63, 3.8) is 0 Å². The molecule has 1 rings (SSSR count). The summed E-state index contributed by atoms with van der Waals surface area (Å²) in [5, 5.41) is 0.516. The number of nitrogens with two attached hydrogens (primary N) is 1. The predicted octanol–water partition coefficient (Wildman–Crippen LogP) is 2.69. The maximum Gasteiger partial charge on any atom is 0.131 e. The Morgan fingerprint density at radius 2 is 2.06 bits per heavy atom. The summed E-state index contributed by atoms with van der Waals surface area (Å²) >= 11 is 11.1. The highest BCUT2D eigenvalue weighted by Crippen LogP contribution is 2.27. The van der Waals surface area contributed by atoms with E-state index in [9.17, 15) is 0 Å². The molecule has 0 heterocycles. The first-order chi connectivity index (χ1) is 8.25. The summed E-state index contributed by atoms with van der Waals surface area (Å²) < 4.78 is 5.81. The minimum atomic E-state index is -0.0875. The van der Waals surface area contributed by atoms with Gasteiger partial charge in [-0.15, -0.1) is 0 Å². The fourth-order valence-corrected chi connectivity index (χ4v) is 1.78.